The number of amides is 2. The molecule has 5 rings (SSSR count). The van der Waals surface area contributed by atoms with E-state index in [-0.39, 0.29) is 24.9 Å². The predicted octanol–water partition coefficient (Wildman–Crippen LogP) is 3.44. The lowest BCUT2D eigenvalue weighted by Crippen LogP contribution is -2.56. The number of hydrogen-bond donors (Lipinski definition) is 3. The maximum absolute atomic E-state index is 13.0. The molecule has 2 aromatic rings. The number of carboxylic acid groups (broad SMARTS) is 1. The third-order valence-corrected chi connectivity index (χ3v) is 7.40. The van der Waals surface area contributed by atoms with Crippen molar-refractivity contribution in [3.05, 3.63) is 59.7 Å². The molecule has 3 atom stereocenters. The van der Waals surface area contributed by atoms with Gasteiger partial charge in [0.1, 0.15) is 6.61 Å². The van der Waals surface area contributed by atoms with Crippen LogP contribution in [0.4, 0.5) is 4.79 Å². The zero-order valence-corrected chi connectivity index (χ0v) is 19.7. The number of carbonyl (C=O) groups is 3. The van der Waals surface area contributed by atoms with Crippen molar-refractivity contribution in [1.29, 1.82) is 0 Å². The Hall–Kier alpha value is -3.39. The fraction of sp³-hybridized carbons (Fsp3) is 0.444. The van der Waals surface area contributed by atoms with Crippen LogP contribution in [-0.4, -0.2) is 54.0 Å². The van der Waals surface area contributed by atoms with Crippen molar-refractivity contribution in [1.82, 2.24) is 10.6 Å². The molecule has 1 unspecified atom stereocenters. The van der Waals surface area contributed by atoms with Gasteiger partial charge >= 0.3 is 12.1 Å². The summed E-state index contributed by atoms with van der Waals surface area (Å²) >= 11 is 0. The number of carbonyl (C=O) groups excluding carboxylic acids is 2. The van der Waals surface area contributed by atoms with E-state index in [0.29, 0.717) is 13.0 Å². The van der Waals surface area contributed by atoms with Crippen LogP contribution in [-0.2, 0) is 19.1 Å². The minimum atomic E-state index is -0.958. The first-order valence-corrected chi connectivity index (χ1v) is 12.1. The van der Waals surface area contributed by atoms with Gasteiger partial charge < -0.3 is 25.2 Å². The lowest BCUT2D eigenvalue weighted by Gasteiger charge is -2.31. The molecule has 2 aliphatic carbocycles. The van der Waals surface area contributed by atoms with Gasteiger partial charge in [-0.15, -0.1) is 0 Å². The minimum Gasteiger partial charge on any atom is -0.481 e. The van der Waals surface area contributed by atoms with E-state index in [1.807, 2.05) is 24.3 Å². The van der Waals surface area contributed by atoms with Crippen molar-refractivity contribution in [2.24, 2.45) is 5.92 Å². The molecule has 0 spiro atoms. The summed E-state index contributed by atoms with van der Waals surface area (Å²) in [5.74, 6) is -1.28. The van der Waals surface area contributed by atoms with E-state index < -0.39 is 35.7 Å². The van der Waals surface area contributed by atoms with Crippen molar-refractivity contribution in [2.45, 2.75) is 56.2 Å². The molecule has 8 heteroatoms. The monoisotopic (exact) mass is 478 g/mol. The summed E-state index contributed by atoms with van der Waals surface area (Å²) in [7, 11) is 0. The second kappa shape index (κ2) is 9.34. The van der Waals surface area contributed by atoms with E-state index in [1.54, 1.807) is 6.92 Å². The van der Waals surface area contributed by atoms with E-state index in [1.165, 1.54) is 0 Å². The molecule has 1 saturated heterocycles. The molecule has 8 nitrogen and oxygen atoms in total. The molecule has 184 valence electrons. The third kappa shape index (κ3) is 4.75. The molecule has 2 amide bonds. The highest BCUT2D eigenvalue weighted by molar-refractivity contribution is 5.84. The Kier molecular flexibility index (Phi) is 6.23. The topological polar surface area (TPSA) is 114 Å². The zero-order valence-electron chi connectivity index (χ0n) is 19.7. The SMILES string of the molecule is CC(CC(=O)O)(NC(=O)[C@@H]1OCC[C@@H]1NC(=O)OCC1c2ccccc2-c2ccccc21)C1CC1. The Balaban J connectivity index is 1.20. The second-order valence-electron chi connectivity index (χ2n) is 9.91. The van der Waals surface area contributed by atoms with Crippen molar-refractivity contribution in [3.8, 4) is 11.1 Å². The summed E-state index contributed by atoms with van der Waals surface area (Å²) in [4.78, 5) is 37.0. The molecule has 2 fully saturated rings. The number of alkyl carbamates (subject to hydrolysis) is 1. The molecule has 35 heavy (non-hydrogen) atoms. The number of nitrogens with one attached hydrogen (secondary N) is 2. The van der Waals surface area contributed by atoms with E-state index >= 15 is 0 Å². The highest BCUT2D eigenvalue weighted by Gasteiger charge is 2.46. The molecule has 1 saturated carbocycles. The Morgan fingerprint density at radius 2 is 1.66 bits per heavy atom. The fourth-order valence-electron chi connectivity index (χ4n) is 5.47. The number of benzene rings is 2. The molecular formula is C27H30N2O6. The normalized spacial score (nSPS) is 22.5. The molecular weight excluding hydrogens is 448 g/mol. The molecule has 1 heterocycles. The molecule has 0 aromatic heterocycles. The Morgan fingerprint density at radius 3 is 2.26 bits per heavy atom. The van der Waals surface area contributed by atoms with Crippen molar-refractivity contribution in [3.63, 3.8) is 0 Å². The van der Waals surface area contributed by atoms with Gasteiger partial charge in [0.25, 0.3) is 5.91 Å². The summed E-state index contributed by atoms with van der Waals surface area (Å²) < 4.78 is 11.2. The highest BCUT2D eigenvalue weighted by atomic mass is 16.6. The van der Waals surface area contributed by atoms with Crippen LogP contribution in [0.25, 0.3) is 11.1 Å². The summed E-state index contributed by atoms with van der Waals surface area (Å²) in [5, 5.41) is 15.0. The van der Waals surface area contributed by atoms with E-state index in [2.05, 4.69) is 34.9 Å². The van der Waals surface area contributed by atoms with Crippen LogP contribution in [0.3, 0.4) is 0 Å². The van der Waals surface area contributed by atoms with Crippen LogP contribution < -0.4 is 10.6 Å². The van der Waals surface area contributed by atoms with Crippen LogP contribution >= 0.6 is 0 Å². The van der Waals surface area contributed by atoms with Crippen molar-refractivity contribution >= 4 is 18.0 Å². The van der Waals surface area contributed by atoms with Crippen LogP contribution in [0, 0.1) is 5.92 Å². The number of carboxylic acids is 1. The number of aliphatic carboxylic acids is 1. The van der Waals surface area contributed by atoms with Gasteiger partial charge in [0, 0.05) is 12.5 Å². The van der Waals surface area contributed by atoms with Crippen LogP contribution in [0.5, 0.6) is 0 Å². The fourth-order valence-corrected chi connectivity index (χ4v) is 5.47. The second-order valence-corrected chi connectivity index (χ2v) is 9.91. The molecule has 1 aliphatic heterocycles. The van der Waals surface area contributed by atoms with Crippen molar-refractivity contribution < 1.29 is 29.0 Å². The number of rotatable bonds is 8. The quantitative estimate of drug-likeness (QED) is 0.536. The average molecular weight is 479 g/mol. The standard InChI is InChI=1S/C27H30N2O6/c1-27(14-23(30)31,16-10-11-16)29-25(32)24-22(12-13-34-24)28-26(33)35-15-21-19-8-4-2-6-17(19)18-7-3-5-9-20(18)21/h2-9,16,21-22,24H,10-15H2,1H3,(H,28,33)(H,29,32)(H,30,31)/t22-,24+,27?/m0/s1. The Morgan fingerprint density at radius 1 is 1.03 bits per heavy atom. The Bertz CT molecular complexity index is 1100. The average Bonchev–Trinajstić information content (AvgIpc) is 3.52. The first-order valence-electron chi connectivity index (χ1n) is 12.1. The van der Waals surface area contributed by atoms with E-state index in [9.17, 15) is 19.5 Å². The van der Waals surface area contributed by atoms with Gasteiger partial charge in [0.15, 0.2) is 6.10 Å². The third-order valence-electron chi connectivity index (χ3n) is 7.40. The molecule has 3 N–H and O–H groups in total. The van der Waals surface area contributed by atoms with Gasteiger partial charge in [-0.05, 0) is 54.4 Å². The lowest BCUT2D eigenvalue weighted by molar-refractivity contribution is -0.140. The summed E-state index contributed by atoms with van der Waals surface area (Å²) in [6.45, 7) is 2.27. The maximum Gasteiger partial charge on any atom is 0.407 e. The zero-order chi connectivity index (χ0) is 24.6. The van der Waals surface area contributed by atoms with E-state index in [4.69, 9.17) is 9.47 Å². The smallest absolute Gasteiger partial charge is 0.407 e. The van der Waals surface area contributed by atoms with Crippen LogP contribution in [0.2, 0.25) is 0 Å². The minimum absolute atomic E-state index is 0.0534. The van der Waals surface area contributed by atoms with Gasteiger partial charge in [-0.1, -0.05) is 48.5 Å². The number of fused-ring (bicyclic) bond motifs is 3. The summed E-state index contributed by atoms with van der Waals surface area (Å²) in [6.07, 6.45) is 0.605. The van der Waals surface area contributed by atoms with Gasteiger partial charge in [-0.3, -0.25) is 9.59 Å². The largest absolute Gasteiger partial charge is 0.481 e. The summed E-state index contributed by atoms with van der Waals surface area (Å²) in [6, 6.07) is 15.7. The van der Waals surface area contributed by atoms with Gasteiger partial charge in [-0.2, -0.15) is 0 Å². The Labute approximate surface area is 204 Å². The maximum atomic E-state index is 13.0. The van der Waals surface area contributed by atoms with Crippen LogP contribution in [0.1, 0.15) is 49.7 Å². The van der Waals surface area contributed by atoms with Gasteiger partial charge in [0.05, 0.1) is 18.0 Å². The molecule has 2 aromatic carbocycles. The molecule has 0 radical (unpaired) electrons. The first kappa shape index (κ1) is 23.4. The van der Waals surface area contributed by atoms with Crippen molar-refractivity contribution in [2.75, 3.05) is 13.2 Å². The molecule has 0 bridgehead atoms. The predicted molar refractivity (Wildman–Crippen MR) is 128 cm³/mol. The summed E-state index contributed by atoms with van der Waals surface area (Å²) in [5.41, 5.74) is 3.72. The highest BCUT2D eigenvalue weighted by Crippen LogP contribution is 2.44. The number of ether oxygens (including phenoxy) is 2. The van der Waals surface area contributed by atoms with Gasteiger partial charge in [0.2, 0.25) is 0 Å². The van der Waals surface area contributed by atoms with Gasteiger partial charge in [-0.25, -0.2) is 4.79 Å². The lowest BCUT2D eigenvalue weighted by atomic mass is 9.91. The van der Waals surface area contributed by atoms with Crippen LogP contribution in [0.15, 0.2) is 48.5 Å². The van der Waals surface area contributed by atoms with E-state index in [0.717, 1.165) is 35.1 Å². The molecule has 3 aliphatic rings. The number of hydrogen-bond acceptors (Lipinski definition) is 5. The first-order chi connectivity index (χ1) is 16.9.